The maximum Gasteiger partial charge on any atom is 0.165 e. The monoisotopic (exact) mass is 356 g/mol. The second-order valence-corrected chi connectivity index (χ2v) is 12.2. The maximum absolute atomic E-state index is 13.7. The number of phenolic OH excluding ortho intramolecular Hbond substituents is 1. The standard InChI is InChI=1S/C22H29FOSi/c1-2-3-7-14-25(20-8-5-4-6-9-20)15-12-18(13-16-25)19-10-11-22(24)21(23)17-19/h4-6,8-11,17-18,24H,2-3,7,12-16H2,1H3. The molecule has 0 amide bonds. The molecule has 0 unspecified atom stereocenters. The summed E-state index contributed by atoms with van der Waals surface area (Å²) in [7, 11) is -1.44. The first-order chi connectivity index (χ1) is 12.1. The van der Waals surface area contributed by atoms with Crippen LogP contribution in [0.2, 0.25) is 18.1 Å². The van der Waals surface area contributed by atoms with Gasteiger partial charge in [-0.15, -0.1) is 0 Å². The maximum atomic E-state index is 13.7. The summed E-state index contributed by atoms with van der Waals surface area (Å²) < 4.78 is 13.7. The highest BCUT2D eigenvalue weighted by Gasteiger charge is 2.38. The van der Waals surface area contributed by atoms with Gasteiger partial charge in [0.05, 0.1) is 8.07 Å². The van der Waals surface area contributed by atoms with Crippen molar-refractivity contribution >= 4 is 13.3 Å². The Kier molecular flexibility index (Phi) is 5.95. The van der Waals surface area contributed by atoms with Crippen LogP contribution >= 0.6 is 0 Å². The summed E-state index contributed by atoms with van der Waals surface area (Å²) in [5.41, 5.74) is 1.06. The Balaban J connectivity index is 1.75. The first kappa shape index (κ1) is 18.2. The van der Waals surface area contributed by atoms with Crippen LogP contribution in [0.5, 0.6) is 5.75 Å². The van der Waals surface area contributed by atoms with E-state index in [0.29, 0.717) is 5.92 Å². The van der Waals surface area contributed by atoms with Crippen LogP contribution in [-0.2, 0) is 0 Å². The molecule has 1 aliphatic rings. The quantitative estimate of drug-likeness (QED) is 0.500. The fraction of sp³-hybridized carbons (Fsp3) is 0.455. The van der Waals surface area contributed by atoms with Gasteiger partial charge >= 0.3 is 0 Å². The molecular formula is C22H29FOSi. The third kappa shape index (κ3) is 4.14. The summed E-state index contributed by atoms with van der Waals surface area (Å²) >= 11 is 0. The van der Waals surface area contributed by atoms with Gasteiger partial charge in [0.15, 0.2) is 11.6 Å². The summed E-state index contributed by atoms with van der Waals surface area (Å²) in [4.78, 5) is 0. The van der Waals surface area contributed by atoms with Gasteiger partial charge in [0.1, 0.15) is 0 Å². The van der Waals surface area contributed by atoms with Crippen LogP contribution in [0.15, 0.2) is 48.5 Å². The van der Waals surface area contributed by atoms with Crippen molar-refractivity contribution in [1.82, 2.24) is 0 Å². The molecule has 0 aromatic heterocycles. The lowest BCUT2D eigenvalue weighted by atomic mass is 9.93. The number of unbranched alkanes of at least 4 members (excludes halogenated alkanes) is 2. The Morgan fingerprint density at radius 3 is 2.40 bits per heavy atom. The summed E-state index contributed by atoms with van der Waals surface area (Å²) in [6.45, 7) is 2.27. The zero-order valence-electron chi connectivity index (χ0n) is 15.2. The van der Waals surface area contributed by atoms with Crippen LogP contribution in [0.4, 0.5) is 4.39 Å². The van der Waals surface area contributed by atoms with E-state index in [0.717, 1.165) is 18.4 Å². The topological polar surface area (TPSA) is 20.2 Å². The molecule has 0 atom stereocenters. The summed E-state index contributed by atoms with van der Waals surface area (Å²) in [5, 5.41) is 11.0. The third-order valence-corrected chi connectivity index (χ3v) is 11.4. The number of benzene rings is 2. The van der Waals surface area contributed by atoms with Gasteiger partial charge in [-0.2, -0.15) is 0 Å². The lowest BCUT2D eigenvalue weighted by Crippen LogP contribution is -2.49. The largest absolute Gasteiger partial charge is 0.505 e. The van der Waals surface area contributed by atoms with E-state index in [4.69, 9.17) is 0 Å². The molecule has 1 heterocycles. The minimum Gasteiger partial charge on any atom is -0.505 e. The first-order valence-electron chi connectivity index (χ1n) is 9.68. The molecule has 2 aromatic rings. The zero-order chi connectivity index (χ0) is 17.7. The van der Waals surface area contributed by atoms with Crippen LogP contribution in [0.3, 0.4) is 0 Å². The highest BCUT2D eigenvalue weighted by Crippen LogP contribution is 2.41. The highest BCUT2D eigenvalue weighted by atomic mass is 28.3. The average molecular weight is 357 g/mol. The van der Waals surface area contributed by atoms with Gasteiger partial charge in [0, 0.05) is 0 Å². The van der Waals surface area contributed by atoms with E-state index >= 15 is 0 Å². The fourth-order valence-electron chi connectivity index (χ4n) is 4.47. The number of hydrogen-bond acceptors (Lipinski definition) is 1. The van der Waals surface area contributed by atoms with Gasteiger partial charge < -0.3 is 5.11 Å². The van der Waals surface area contributed by atoms with E-state index in [1.807, 2.05) is 6.07 Å². The molecule has 0 aliphatic carbocycles. The molecule has 134 valence electrons. The van der Waals surface area contributed by atoms with E-state index < -0.39 is 13.9 Å². The molecule has 25 heavy (non-hydrogen) atoms. The van der Waals surface area contributed by atoms with Crippen LogP contribution in [0, 0.1) is 5.82 Å². The van der Waals surface area contributed by atoms with Crippen molar-refractivity contribution in [1.29, 1.82) is 0 Å². The van der Waals surface area contributed by atoms with Gasteiger partial charge in [-0.05, 0) is 36.5 Å². The second kappa shape index (κ2) is 8.18. The Labute approximate surface area is 151 Å². The van der Waals surface area contributed by atoms with Crippen molar-refractivity contribution in [2.45, 2.75) is 63.1 Å². The Hall–Kier alpha value is -1.61. The highest BCUT2D eigenvalue weighted by molar-refractivity contribution is 6.92. The number of phenols is 1. The number of aromatic hydroxyl groups is 1. The smallest absolute Gasteiger partial charge is 0.165 e. The van der Waals surface area contributed by atoms with Crippen LogP contribution in [-0.4, -0.2) is 13.2 Å². The molecule has 1 saturated heterocycles. The van der Waals surface area contributed by atoms with Crippen molar-refractivity contribution in [3.8, 4) is 5.75 Å². The van der Waals surface area contributed by atoms with Gasteiger partial charge in [-0.3, -0.25) is 0 Å². The summed E-state index contributed by atoms with van der Waals surface area (Å²) in [6, 6.07) is 20.1. The molecule has 3 rings (SSSR count). The molecule has 1 fully saturated rings. The van der Waals surface area contributed by atoms with Crippen molar-refractivity contribution in [2.24, 2.45) is 0 Å². The second-order valence-electron chi connectivity index (χ2n) is 7.59. The van der Waals surface area contributed by atoms with Gasteiger partial charge in [0.2, 0.25) is 0 Å². The predicted molar refractivity (Wildman–Crippen MR) is 106 cm³/mol. The third-order valence-electron chi connectivity index (χ3n) is 6.03. The van der Waals surface area contributed by atoms with Gasteiger partial charge in [-0.1, -0.05) is 85.9 Å². The molecule has 3 heteroatoms. The van der Waals surface area contributed by atoms with Crippen molar-refractivity contribution in [3.05, 3.63) is 59.9 Å². The van der Waals surface area contributed by atoms with Gasteiger partial charge in [-0.25, -0.2) is 4.39 Å². The molecule has 1 nitrogen and oxygen atoms in total. The molecule has 0 bridgehead atoms. The van der Waals surface area contributed by atoms with E-state index in [1.165, 1.54) is 49.5 Å². The minimum atomic E-state index is -1.44. The van der Waals surface area contributed by atoms with E-state index in [-0.39, 0.29) is 5.75 Å². The lowest BCUT2D eigenvalue weighted by Gasteiger charge is -2.39. The first-order valence-corrected chi connectivity index (χ1v) is 12.3. The SMILES string of the molecule is CCCCC[Si]1(c2ccccc2)CCC(c2ccc(O)c(F)c2)CC1. The number of halogens is 1. The van der Waals surface area contributed by atoms with E-state index in [1.54, 1.807) is 5.19 Å². The normalized spacial score (nSPS) is 23.5. The molecule has 1 N–H and O–H groups in total. The minimum absolute atomic E-state index is 0.243. The fourth-order valence-corrected chi connectivity index (χ4v) is 9.71. The zero-order valence-corrected chi connectivity index (χ0v) is 16.2. The molecule has 0 spiro atoms. The molecular weight excluding hydrogens is 327 g/mol. The Morgan fingerprint density at radius 2 is 1.76 bits per heavy atom. The average Bonchev–Trinajstić information content (AvgIpc) is 2.65. The lowest BCUT2D eigenvalue weighted by molar-refractivity contribution is 0.430. The molecule has 0 saturated carbocycles. The van der Waals surface area contributed by atoms with E-state index in [9.17, 15) is 9.50 Å². The van der Waals surface area contributed by atoms with Crippen LogP contribution in [0.25, 0.3) is 0 Å². The van der Waals surface area contributed by atoms with Crippen LogP contribution in [0.1, 0.15) is 50.5 Å². The van der Waals surface area contributed by atoms with Crippen LogP contribution < -0.4 is 5.19 Å². The van der Waals surface area contributed by atoms with E-state index in [2.05, 4.69) is 37.3 Å². The van der Waals surface area contributed by atoms with Crippen molar-refractivity contribution in [2.75, 3.05) is 0 Å². The van der Waals surface area contributed by atoms with Crippen molar-refractivity contribution < 1.29 is 9.50 Å². The van der Waals surface area contributed by atoms with Gasteiger partial charge in [0.25, 0.3) is 0 Å². The Bertz CT molecular complexity index is 678. The molecule has 1 aliphatic heterocycles. The Morgan fingerprint density at radius 1 is 1.04 bits per heavy atom. The summed E-state index contributed by atoms with van der Waals surface area (Å²) in [5.74, 6) is -0.296. The molecule has 0 radical (unpaired) electrons. The number of rotatable bonds is 6. The molecule has 2 aromatic carbocycles. The number of hydrogen-bond donors (Lipinski definition) is 1. The summed E-state index contributed by atoms with van der Waals surface area (Å²) in [6.07, 6.45) is 6.24. The van der Waals surface area contributed by atoms with Crippen molar-refractivity contribution in [3.63, 3.8) is 0 Å². The predicted octanol–water partition coefficient (Wildman–Crippen LogP) is 5.95.